The highest BCUT2D eigenvalue weighted by Gasteiger charge is 2.11. The van der Waals surface area contributed by atoms with Crippen molar-refractivity contribution in [1.82, 2.24) is 14.7 Å². The fourth-order valence-corrected chi connectivity index (χ4v) is 1.62. The lowest BCUT2D eigenvalue weighted by Gasteiger charge is -2.07. The third-order valence-electron chi connectivity index (χ3n) is 2.42. The Labute approximate surface area is 88.9 Å². The quantitative estimate of drug-likeness (QED) is 0.782. The number of hydrogen-bond acceptors (Lipinski definition) is 3. The van der Waals surface area contributed by atoms with E-state index in [0.717, 1.165) is 41.1 Å². The smallest absolute Gasteiger partial charge is 0.145 e. The molecule has 0 aliphatic carbocycles. The van der Waals surface area contributed by atoms with Gasteiger partial charge in [0.05, 0.1) is 11.9 Å². The van der Waals surface area contributed by atoms with Gasteiger partial charge in [0.15, 0.2) is 0 Å². The molecule has 2 rings (SSSR count). The van der Waals surface area contributed by atoms with Gasteiger partial charge in [-0.2, -0.15) is 4.73 Å². The molecule has 2 aliphatic heterocycles. The summed E-state index contributed by atoms with van der Waals surface area (Å²) in [4.78, 5) is 8.64. The molecule has 0 radical (unpaired) electrons. The van der Waals surface area contributed by atoms with Crippen LogP contribution in [0.4, 0.5) is 0 Å². The minimum Gasteiger partial charge on any atom is -0.427 e. The Morgan fingerprint density at radius 3 is 2.87 bits per heavy atom. The van der Waals surface area contributed by atoms with Crippen molar-refractivity contribution in [3.63, 3.8) is 0 Å². The number of fused-ring (bicyclic) bond motifs is 1. The van der Waals surface area contributed by atoms with Crippen LogP contribution in [-0.4, -0.2) is 19.9 Å². The second-order valence-electron chi connectivity index (χ2n) is 3.77. The van der Waals surface area contributed by atoms with Gasteiger partial charge in [0, 0.05) is 12.1 Å². The number of aromatic nitrogens is 3. The first-order valence-corrected chi connectivity index (χ1v) is 5.25. The Balaban J connectivity index is 2.39. The number of rotatable bonds is 3. The Hall–Kier alpha value is -1.58. The van der Waals surface area contributed by atoms with Gasteiger partial charge in [0.25, 0.3) is 0 Å². The number of unbranched alkanes of at least 4 members (excludes halogenated alkanes) is 1. The van der Waals surface area contributed by atoms with E-state index in [-0.39, 0.29) is 0 Å². The number of nitrogens with zero attached hydrogens (tertiary/aromatic N) is 3. The summed E-state index contributed by atoms with van der Waals surface area (Å²) in [6, 6.07) is 1.94. The molecule has 0 saturated carbocycles. The maximum Gasteiger partial charge on any atom is 0.145 e. The van der Waals surface area contributed by atoms with Gasteiger partial charge >= 0.3 is 0 Å². The first-order valence-electron chi connectivity index (χ1n) is 5.25. The third-order valence-corrected chi connectivity index (χ3v) is 2.42. The predicted octanol–water partition coefficient (Wildman–Crippen LogP) is 2.27. The van der Waals surface area contributed by atoms with Gasteiger partial charge in [-0.05, 0) is 19.4 Å². The molecule has 15 heavy (non-hydrogen) atoms. The van der Waals surface area contributed by atoms with Crippen LogP contribution in [0.5, 0.6) is 0 Å². The van der Waals surface area contributed by atoms with Gasteiger partial charge in [-0.3, -0.25) is 0 Å². The van der Waals surface area contributed by atoms with Crippen LogP contribution in [0, 0.1) is 6.92 Å². The van der Waals surface area contributed by atoms with E-state index in [9.17, 15) is 5.21 Å². The van der Waals surface area contributed by atoms with E-state index in [4.69, 9.17) is 0 Å². The van der Waals surface area contributed by atoms with Crippen molar-refractivity contribution < 1.29 is 5.21 Å². The van der Waals surface area contributed by atoms with E-state index in [1.54, 1.807) is 6.20 Å². The van der Waals surface area contributed by atoms with E-state index >= 15 is 0 Å². The van der Waals surface area contributed by atoms with Crippen LogP contribution >= 0.6 is 0 Å². The van der Waals surface area contributed by atoms with Crippen LogP contribution in [0.15, 0.2) is 12.3 Å². The summed E-state index contributed by atoms with van der Waals surface area (Å²) in [5.74, 6) is 0.705. The number of hydrogen-bond donors (Lipinski definition) is 1. The van der Waals surface area contributed by atoms with Crippen molar-refractivity contribution in [2.45, 2.75) is 33.1 Å². The third kappa shape index (κ3) is 1.93. The lowest BCUT2D eigenvalue weighted by Crippen LogP contribution is -2.07. The van der Waals surface area contributed by atoms with E-state index in [2.05, 4.69) is 16.9 Å². The SMILES string of the molecule is CCCCc1nc2cc(C)nc-2cn1O. The predicted molar refractivity (Wildman–Crippen MR) is 57.2 cm³/mol. The van der Waals surface area contributed by atoms with Crippen LogP contribution < -0.4 is 0 Å². The van der Waals surface area contributed by atoms with Crippen LogP contribution in [0.25, 0.3) is 11.4 Å². The fraction of sp³-hybridized carbons (Fsp3) is 0.455. The fourth-order valence-electron chi connectivity index (χ4n) is 1.62. The zero-order valence-corrected chi connectivity index (χ0v) is 9.06. The lowest BCUT2D eigenvalue weighted by molar-refractivity contribution is 0.169. The van der Waals surface area contributed by atoms with E-state index in [0.29, 0.717) is 5.82 Å². The molecule has 2 heterocycles. The topological polar surface area (TPSA) is 50.9 Å². The zero-order chi connectivity index (χ0) is 10.8. The van der Waals surface area contributed by atoms with E-state index in [1.807, 2.05) is 13.0 Å². The van der Waals surface area contributed by atoms with Gasteiger partial charge in [-0.15, -0.1) is 0 Å². The molecular weight excluding hydrogens is 190 g/mol. The molecule has 80 valence electrons. The molecular formula is C11H15N3O. The van der Waals surface area contributed by atoms with Crippen molar-refractivity contribution in [2.75, 3.05) is 0 Å². The highest BCUT2D eigenvalue weighted by Crippen LogP contribution is 2.20. The average molecular weight is 205 g/mol. The lowest BCUT2D eigenvalue weighted by atomic mass is 10.2. The van der Waals surface area contributed by atoms with Gasteiger partial charge in [-0.1, -0.05) is 13.3 Å². The summed E-state index contributed by atoms with van der Waals surface area (Å²) in [6.07, 6.45) is 4.55. The van der Waals surface area contributed by atoms with Crippen molar-refractivity contribution in [2.24, 2.45) is 0 Å². The highest BCUT2D eigenvalue weighted by molar-refractivity contribution is 5.56. The largest absolute Gasteiger partial charge is 0.427 e. The Bertz CT molecular complexity index is 436. The summed E-state index contributed by atoms with van der Waals surface area (Å²) >= 11 is 0. The maximum absolute atomic E-state index is 9.66. The minimum absolute atomic E-state index is 0.705. The van der Waals surface area contributed by atoms with Gasteiger partial charge in [-0.25, -0.2) is 9.97 Å². The molecule has 0 bridgehead atoms. The summed E-state index contributed by atoms with van der Waals surface area (Å²) in [6.45, 7) is 4.05. The van der Waals surface area contributed by atoms with E-state index < -0.39 is 0 Å². The standard InChI is InChI=1S/C11H15N3O/c1-3-4-5-11-13-9-6-8(2)12-10(9)7-14(11)15/h6-7,15H,3-5H2,1-2H3. The normalized spacial score (nSPS) is 11.1. The minimum atomic E-state index is 0.705. The van der Waals surface area contributed by atoms with Crippen LogP contribution in [0.3, 0.4) is 0 Å². The van der Waals surface area contributed by atoms with Crippen LogP contribution in [-0.2, 0) is 6.42 Å². The van der Waals surface area contributed by atoms with Crippen LogP contribution in [0.1, 0.15) is 31.3 Å². The first kappa shape index (κ1) is 9.96. The molecule has 4 heteroatoms. The molecule has 4 nitrogen and oxygen atoms in total. The Kier molecular flexibility index (Phi) is 2.58. The molecule has 0 aromatic carbocycles. The highest BCUT2D eigenvalue weighted by atomic mass is 16.5. The molecule has 0 fully saturated rings. The zero-order valence-electron chi connectivity index (χ0n) is 9.06. The number of aryl methyl sites for hydroxylation is 2. The molecule has 0 aromatic heterocycles. The molecule has 0 spiro atoms. The van der Waals surface area contributed by atoms with Gasteiger partial charge in [0.1, 0.15) is 11.5 Å². The second-order valence-corrected chi connectivity index (χ2v) is 3.77. The molecule has 0 aromatic rings. The van der Waals surface area contributed by atoms with Gasteiger partial charge < -0.3 is 5.21 Å². The first-order chi connectivity index (χ1) is 7.20. The molecule has 0 atom stereocenters. The van der Waals surface area contributed by atoms with Crippen molar-refractivity contribution in [3.8, 4) is 11.4 Å². The van der Waals surface area contributed by atoms with Crippen molar-refractivity contribution in [1.29, 1.82) is 0 Å². The molecule has 2 aliphatic rings. The monoisotopic (exact) mass is 205 g/mol. The summed E-state index contributed by atoms with van der Waals surface area (Å²) < 4.78 is 1.09. The molecule has 0 amide bonds. The van der Waals surface area contributed by atoms with E-state index in [1.165, 1.54) is 0 Å². The Morgan fingerprint density at radius 1 is 1.33 bits per heavy atom. The molecule has 0 unspecified atom stereocenters. The maximum atomic E-state index is 9.66. The second kappa shape index (κ2) is 3.88. The summed E-state index contributed by atoms with van der Waals surface area (Å²) in [7, 11) is 0. The molecule has 1 N–H and O–H groups in total. The molecule has 0 saturated heterocycles. The average Bonchev–Trinajstić information content (AvgIpc) is 2.53. The van der Waals surface area contributed by atoms with Crippen molar-refractivity contribution in [3.05, 3.63) is 23.8 Å². The summed E-state index contributed by atoms with van der Waals surface area (Å²) in [5, 5.41) is 9.66. The Morgan fingerprint density at radius 2 is 2.13 bits per heavy atom. The summed E-state index contributed by atoms with van der Waals surface area (Å²) in [5.41, 5.74) is 2.55. The van der Waals surface area contributed by atoms with Gasteiger partial charge in [0.2, 0.25) is 0 Å². The van der Waals surface area contributed by atoms with Crippen LogP contribution in [0.2, 0.25) is 0 Å². The van der Waals surface area contributed by atoms with Crippen molar-refractivity contribution >= 4 is 0 Å².